The van der Waals surface area contributed by atoms with Gasteiger partial charge in [-0.15, -0.1) is 0 Å². The molecule has 1 aliphatic heterocycles. The Bertz CT molecular complexity index is 371. The van der Waals surface area contributed by atoms with E-state index in [1.165, 1.54) is 31.7 Å². The summed E-state index contributed by atoms with van der Waals surface area (Å²) in [5, 5.41) is 3.61. The zero-order chi connectivity index (χ0) is 14.4. The van der Waals surface area contributed by atoms with Crippen molar-refractivity contribution in [1.29, 1.82) is 0 Å². The summed E-state index contributed by atoms with van der Waals surface area (Å²) in [5.74, 6) is 0.684. The second kappa shape index (κ2) is 7.72. The van der Waals surface area contributed by atoms with Gasteiger partial charge >= 0.3 is 0 Å². The van der Waals surface area contributed by atoms with Crippen LogP contribution in [-0.4, -0.2) is 60.6 Å². The molecule has 0 aromatic carbocycles. The Morgan fingerprint density at radius 1 is 1.15 bits per heavy atom. The van der Waals surface area contributed by atoms with Gasteiger partial charge in [-0.1, -0.05) is 13.8 Å². The van der Waals surface area contributed by atoms with Gasteiger partial charge in [-0.2, -0.15) is 0 Å². The second-order valence-corrected chi connectivity index (χ2v) is 6.14. The van der Waals surface area contributed by atoms with E-state index in [4.69, 9.17) is 0 Å². The van der Waals surface area contributed by atoms with Crippen LogP contribution >= 0.6 is 0 Å². The van der Waals surface area contributed by atoms with Crippen molar-refractivity contribution < 1.29 is 0 Å². The van der Waals surface area contributed by atoms with E-state index < -0.39 is 0 Å². The fourth-order valence-electron chi connectivity index (χ4n) is 2.81. The topological polar surface area (TPSA) is 31.4 Å². The van der Waals surface area contributed by atoms with Gasteiger partial charge in [-0.05, 0) is 30.7 Å². The van der Waals surface area contributed by atoms with E-state index >= 15 is 0 Å². The fourth-order valence-corrected chi connectivity index (χ4v) is 2.81. The molecule has 1 N–H and O–H groups in total. The van der Waals surface area contributed by atoms with E-state index in [1.807, 2.05) is 12.4 Å². The lowest BCUT2D eigenvalue weighted by Crippen LogP contribution is -2.53. The first-order valence-corrected chi connectivity index (χ1v) is 7.69. The van der Waals surface area contributed by atoms with Crippen molar-refractivity contribution in [3.05, 3.63) is 30.1 Å². The van der Waals surface area contributed by atoms with Crippen molar-refractivity contribution in [2.75, 3.05) is 39.8 Å². The van der Waals surface area contributed by atoms with Crippen molar-refractivity contribution in [2.45, 2.75) is 26.4 Å². The number of rotatable bonds is 6. The maximum atomic E-state index is 4.06. The van der Waals surface area contributed by atoms with E-state index in [-0.39, 0.29) is 0 Å². The number of likely N-dealkylation sites (N-methyl/N-ethyl adjacent to an activating group) is 1. The Morgan fingerprint density at radius 2 is 1.80 bits per heavy atom. The van der Waals surface area contributed by atoms with E-state index in [1.54, 1.807) is 0 Å². The van der Waals surface area contributed by atoms with Gasteiger partial charge in [0, 0.05) is 57.7 Å². The minimum Gasteiger partial charge on any atom is -0.311 e. The quantitative estimate of drug-likeness (QED) is 0.852. The highest BCUT2D eigenvalue weighted by Gasteiger charge is 2.24. The van der Waals surface area contributed by atoms with Gasteiger partial charge < -0.3 is 10.2 Å². The van der Waals surface area contributed by atoms with Crippen molar-refractivity contribution >= 4 is 0 Å². The van der Waals surface area contributed by atoms with Crippen LogP contribution in [0.25, 0.3) is 0 Å². The van der Waals surface area contributed by atoms with Crippen LogP contribution in [0.15, 0.2) is 24.5 Å². The molecular weight excluding hydrogens is 248 g/mol. The number of nitrogens with one attached hydrogen (secondary N) is 1. The molecule has 4 nitrogen and oxygen atoms in total. The van der Waals surface area contributed by atoms with Crippen molar-refractivity contribution in [2.24, 2.45) is 5.92 Å². The van der Waals surface area contributed by atoms with Gasteiger partial charge in [-0.3, -0.25) is 9.88 Å². The largest absolute Gasteiger partial charge is 0.311 e. The van der Waals surface area contributed by atoms with Crippen LogP contribution in [0, 0.1) is 5.92 Å². The van der Waals surface area contributed by atoms with Crippen LogP contribution in [-0.2, 0) is 6.54 Å². The lowest BCUT2D eigenvalue weighted by atomic mass is 10.0. The Hall–Kier alpha value is -0.970. The second-order valence-electron chi connectivity index (χ2n) is 6.14. The average Bonchev–Trinajstić information content (AvgIpc) is 2.46. The van der Waals surface area contributed by atoms with E-state index in [9.17, 15) is 0 Å². The van der Waals surface area contributed by atoms with Crippen LogP contribution in [0.3, 0.4) is 0 Å². The van der Waals surface area contributed by atoms with Crippen molar-refractivity contribution in [1.82, 2.24) is 20.1 Å². The van der Waals surface area contributed by atoms with Crippen LogP contribution in [0.5, 0.6) is 0 Å². The number of piperazine rings is 1. The fraction of sp³-hybridized carbons (Fsp3) is 0.688. The molecule has 0 spiro atoms. The summed E-state index contributed by atoms with van der Waals surface area (Å²) in [5.41, 5.74) is 1.31. The SMILES string of the molecule is CC(C)C(CNCc1ccncc1)N1CCN(C)CC1. The zero-order valence-electron chi connectivity index (χ0n) is 13.0. The number of hydrogen-bond acceptors (Lipinski definition) is 4. The molecule has 4 heteroatoms. The highest BCUT2D eigenvalue weighted by atomic mass is 15.3. The molecular formula is C16H28N4. The predicted molar refractivity (Wildman–Crippen MR) is 83.6 cm³/mol. The molecule has 1 saturated heterocycles. The van der Waals surface area contributed by atoms with Crippen molar-refractivity contribution in [3.8, 4) is 0 Å². The maximum Gasteiger partial charge on any atom is 0.0271 e. The van der Waals surface area contributed by atoms with E-state index in [2.05, 4.69) is 53.1 Å². The van der Waals surface area contributed by atoms with Crippen LogP contribution in [0.2, 0.25) is 0 Å². The van der Waals surface area contributed by atoms with Gasteiger partial charge in [0.25, 0.3) is 0 Å². The lowest BCUT2D eigenvalue weighted by Gasteiger charge is -2.40. The molecule has 2 heterocycles. The molecule has 1 aromatic rings. The minimum absolute atomic E-state index is 0.630. The number of nitrogens with zero attached hydrogens (tertiary/aromatic N) is 3. The third-order valence-electron chi connectivity index (χ3n) is 4.21. The Labute approximate surface area is 123 Å². The monoisotopic (exact) mass is 276 g/mol. The average molecular weight is 276 g/mol. The third-order valence-corrected chi connectivity index (χ3v) is 4.21. The minimum atomic E-state index is 0.630. The summed E-state index contributed by atoms with van der Waals surface area (Å²) < 4.78 is 0. The highest BCUT2D eigenvalue weighted by molar-refractivity contribution is 5.09. The summed E-state index contributed by atoms with van der Waals surface area (Å²) >= 11 is 0. The molecule has 1 fully saturated rings. The lowest BCUT2D eigenvalue weighted by molar-refractivity contribution is 0.0875. The van der Waals surface area contributed by atoms with Crippen LogP contribution in [0.1, 0.15) is 19.4 Å². The maximum absolute atomic E-state index is 4.06. The zero-order valence-corrected chi connectivity index (χ0v) is 13.0. The Balaban J connectivity index is 1.80. The number of hydrogen-bond donors (Lipinski definition) is 1. The molecule has 20 heavy (non-hydrogen) atoms. The number of aromatic nitrogens is 1. The Kier molecular flexibility index (Phi) is 5.95. The van der Waals surface area contributed by atoms with Crippen molar-refractivity contribution in [3.63, 3.8) is 0 Å². The molecule has 0 radical (unpaired) electrons. The summed E-state index contributed by atoms with van der Waals surface area (Å²) in [6.45, 7) is 11.4. The summed E-state index contributed by atoms with van der Waals surface area (Å²) in [6, 6.07) is 4.78. The summed E-state index contributed by atoms with van der Waals surface area (Å²) in [4.78, 5) is 9.11. The standard InChI is InChI=1S/C16H28N4/c1-14(2)16(20-10-8-19(3)9-11-20)13-18-12-15-4-6-17-7-5-15/h4-7,14,16,18H,8-13H2,1-3H3. The first-order valence-electron chi connectivity index (χ1n) is 7.69. The van der Waals surface area contributed by atoms with E-state index in [0.29, 0.717) is 12.0 Å². The predicted octanol–water partition coefficient (Wildman–Crippen LogP) is 1.44. The molecule has 1 aliphatic rings. The molecule has 0 aliphatic carbocycles. The van der Waals surface area contributed by atoms with Gasteiger partial charge in [0.15, 0.2) is 0 Å². The van der Waals surface area contributed by atoms with Gasteiger partial charge in [-0.25, -0.2) is 0 Å². The van der Waals surface area contributed by atoms with E-state index in [0.717, 1.165) is 13.1 Å². The first kappa shape index (κ1) is 15.4. The molecule has 1 aromatic heterocycles. The molecule has 112 valence electrons. The smallest absolute Gasteiger partial charge is 0.0271 e. The number of pyridine rings is 1. The Morgan fingerprint density at radius 3 is 2.40 bits per heavy atom. The summed E-state index contributed by atoms with van der Waals surface area (Å²) in [6.07, 6.45) is 3.72. The van der Waals surface area contributed by atoms with Crippen LogP contribution in [0.4, 0.5) is 0 Å². The van der Waals surface area contributed by atoms with Gasteiger partial charge in [0.05, 0.1) is 0 Å². The van der Waals surface area contributed by atoms with Gasteiger partial charge in [0.2, 0.25) is 0 Å². The molecule has 1 unspecified atom stereocenters. The molecule has 1 atom stereocenters. The molecule has 0 amide bonds. The van der Waals surface area contributed by atoms with Gasteiger partial charge in [0.1, 0.15) is 0 Å². The first-order chi connectivity index (χ1) is 9.66. The van der Waals surface area contributed by atoms with Crippen LogP contribution < -0.4 is 5.32 Å². The normalized spacial score (nSPS) is 19.4. The molecule has 0 saturated carbocycles. The molecule has 2 rings (SSSR count). The third kappa shape index (κ3) is 4.54. The molecule has 0 bridgehead atoms. The summed E-state index contributed by atoms with van der Waals surface area (Å²) in [7, 11) is 2.21. The highest BCUT2D eigenvalue weighted by Crippen LogP contribution is 2.13.